The second-order valence-electron chi connectivity index (χ2n) is 3.71. The maximum Gasteiger partial charge on any atom is 0.385 e. The fourth-order valence-electron chi connectivity index (χ4n) is 1.17. The van der Waals surface area contributed by atoms with Gasteiger partial charge in [0.1, 0.15) is 0 Å². The molecule has 0 aromatic carbocycles. The molecule has 7 heteroatoms. The van der Waals surface area contributed by atoms with Crippen LogP contribution in [0.1, 0.15) is 39.0 Å². The van der Waals surface area contributed by atoms with Gasteiger partial charge in [-0.05, 0) is 6.42 Å². The van der Waals surface area contributed by atoms with Crippen molar-refractivity contribution in [1.29, 1.82) is 0 Å². The molecule has 0 bridgehead atoms. The maximum atomic E-state index is 12.8. The van der Waals surface area contributed by atoms with Crippen LogP contribution in [0.4, 0.5) is 26.3 Å². The van der Waals surface area contributed by atoms with Crippen molar-refractivity contribution >= 4 is 0 Å². The molecular weight excluding hydrogens is 236 g/mol. The van der Waals surface area contributed by atoms with Crippen LogP contribution in [0.5, 0.6) is 0 Å². The molecule has 2 N–H and O–H groups in total. The maximum absolute atomic E-state index is 12.8. The molecule has 0 saturated carbocycles. The van der Waals surface area contributed by atoms with E-state index in [4.69, 9.17) is 0 Å². The molecule has 1 nitrogen and oxygen atoms in total. The van der Waals surface area contributed by atoms with E-state index in [0.29, 0.717) is 12.8 Å². The molecule has 0 radical (unpaired) electrons. The van der Waals surface area contributed by atoms with Gasteiger partial charge in [0.15, 0.2) is 0 Å². The van der Waals surface area contributed by atoms with Gasteiger partial charge in [-0.2, -0.15) is 26.3 Å². The van der Waals surface area contributed by atoms with Crippen molar-refractivity contribution in [2.24, 2.45) is 5.73 Å². The van der Waals surface area contributed by atoms with Crippen LogP contribution < -0.4 is 5.73 Å². The molecule has 0 aromatic heterocycles. The van der Waals surface area contributed by atoms with Crippen molar-refractivity contribution in [2.45, 2.75) is 56.9 Å². The minimum Gasteiger partial charge on any atom is -0.267 e. The Kier molecular flexibility index (Phi) is 5.10. The third-order valence-corrected chi connectivity index (χ3v) is 2.22. The summed E-state index contributed by atoms with van der Waals surface area (Å²) in [7, 11) is 0. The van der Waals surface area contributed by atoms with Gasteiger partial charge in [-0.3, -0.25) is 5.73 Å². The van der Waals surface area contributed by atoms with E-state index in [9.17, 15) is 26.3 Å². The summed E-state index contributed by atoms with van der Waals surface area (Å²) in [6, 6.07) is -5.21. The molecule has 0 rings (SSSR count). The van der Waals surface area contributed by atoms with Gasteiger partial charge in [0.25, 0.3) is 0 Å². The number of alkyl halides is 6. The van der Waals surface area contributed by atoms with Gasteiger partial charge in [-0.15, -0.1) is 0 Å². The fraction of sp³-hybridized carbons (Fsp3) is 1.00. The monoisotopic (exact) mass is 251 g/mol. The topological polar surface area (TPSA) is 26.0 Å². The van der Waals surface area contributed by atoms with Crippen molar-refractivity contribution in [3.05, 3.63) is 0 Å². The van der Waals surface area contributed by atoms with Crippen LogP contribution in [0.2, 0.25) is 0 Å². The Morgan fingerprint density at radius 1 is 0.875 bits per heavy atom. The number of nitrogens with two attached hydrogens (primary N) is 1. The predicted octanol–water partition coefficient (Wildman–Crippen LogP) is 3.78. The third kappa shape index (κ3) is 3.54. The van der Waals surface area contributed by atoms with E-state index < -0.39 is 24.3 Å². The van der Waals surface area contributed by atoms with Gasteiger partial charge in [-0.25, -0.2) is 0 Å². The normalized spacial score (nSPS) is 14.2. The lowest BCUT2D eigenvalue weighted by atomic mass is 10.0. The molecule has 0 heterocycles. The highest BCUT2D eigenvalue weighted by molar-refractivity contribution is 4.92. The van der Waals surface area contributed by atoms with Crippen LogP contribution in [0, 0.1) is 0 Å². The van der Waals surface area contributed by atoms with Gasteiger partial charge < -0.3 is 0 Å². The first-order valence-electron chi connectivity index (χ1n) is 4.98. The lowest BCUT2D eigenvalue weighted by Crippen LogP contribution is -2.58. The van der Waals surface area contributed by atoms with E-state index in [1.807, 2.05) is 0 Å². The Bertz CT molecular complexity index is 211. The van der Waals surface area contributed by atoms with Gasteiger partial charge in [-0.1, -0.05) is 26.2 Å². The summed E-state index contributed by atoms with van der Waals surface area (Å²) in [5, 5.41) is 0. The molecule has 0 fully saturated rings. The molecule has 0 aliphatic rings. The number of hydrogen-bond donors (Lipinski definition) is 1. The van der Waals surface area contributed by atoms with Crippen molar-refractivity contribution in [3.8, 4) is 0 Å². The quantitative estimate of drug-likeness (QED) is 0.416. The molecule has 0 saturated heterocycles. The van der Waals surface area contributed by atoms with Gasteiger partial charge in [0.05, 0.1) is 0 Å². The summed E-state index contributed by atoms with van der Waals surface area (Å²) in [4.78, 5) is 0. The average molecular weight is 251 g/mol. The van der Waals surface area contributed by atoms with Crippen LogP contribution in [-0.4, -0.2) is 17.9 Å². The Morgan fingerprint density at radius 2 is 1.38 bits per heavy atom. The van der Waals surface area contributed by atoms with E-state index in [1.165, 1.54) is 0 Å². The number of rotatable bonds is 7. The SMILES string of the molecule is CCCCCCC(F)(F)C(F)(F)C(N)(F)F. The minimum absolute atomic E-state index is 0.230. The molecule has 0 spiro atoms. The standard InChI is InChI=1S/C9H15F6N/c1-2-3-4-5-6-7(10,11)8(12,13)9(14,15)16/h2-6,16H2,1H3. The highest BCUT2D eigenvalue weighted by Crippen LogP contribution is 2.45. The lowest BCUT2D eigenvalue weighted by Gasteiger charge is -2.30. The smallest absolute Gasteiger partial charge is 0.267 e. The first kappa shape index (κ1) is 15.5. The highest BCUT2D eigenvalue weighted by atomic mass is 19.3. The molecule has 0 aliphatic carbocycles. The molecule has 98 valence electrons. The Morgan fingerprint density at radius 3 is 1.75 bits per heavy atom. The number of halogens is 6. The molecule has 16 heavy (non-hydrogen) atoms. The largest absolute Gasteiger partial charge is 0.385 e. The van der Waals surface area contributed by atoms with Crippen molar-refractivity contribution in [3.63, 3.8) is 0 Å². The van der Waals surface area contributed by atoms with Crippen molar-refractivity contribution in [2.75, 3.05) is 0 Å². The zero-order valence-electron chi connectivity index (χ0n) is 8.88. The first-order valence-corrected chi connectivity index (χ1v) is 4.98. The summed E-state index contributed by atoms with van der Waals surface area (Å²) in [6.07, 6.45) is 0.118. The highest BCUT2D eigenvalue weighted by Gasteiger charge is 2.69. The predicted molar refractivity (Wildman–Crippen MR) is 47.8 cm³/mol. The number of unbranched alkanes of at least 4 members (excludes halogenated alkanes) is 3. The van der Waals surface area contributed by atoms with Crippen LogP contribution in [0.15, 0.2) is 0 Å². The van der Waals surface area contributed by atoms with E-state index in [2.05, 4.69) is 5.73 Å². The van der Waals surface area contributed by atoms with E-state index in [0.717, 1.165) is 6.42 Å². The average Bonchev–Trinajstić information content (AvgIpc) is 2.10. The molecule has 0 aliphatic heterocycles. The summed E-state index contributed by atoms with van der Waals surface area (Å²) in [5.74, 6) is -10.3. The first-order chi connectivity index (χ1) is 7.06. The molecule has 0 amide bonds. The lowest BCUT2D eigenvalue weighted by molar-refractivity contribution is -0.308. The van der Waals surface area contributed by atoms with Crippen LogP contribution in [-0.2, 0) is 0 Å². The molecule has 0 atom stereocenters. The van der Waals surface area contributed by atoms with Crippen LogP contribution >= 0.6 is 0 Å². The summed E-state index contributed by atoms with van der Waals surface area (Å²) < 4.78 is 75.1. The van der Waals surface area contributed by atoms with E-state index >= 15 is 0 Å². The van der Waals surface area contributed by atoms with Gasteiger partial charge >= 0.3 is 17.9 Å². The third-order valence-electron chi connectivity index (χ3n) is 2.22. The molecular formula is C9H15F6N. The zero-order valence-corrected chi connectivity index (χ0v) is 8.88. The van der Waals surface area contributed by atoms with Gasteiger partial charge in [0.2, 0.25) is 0 Å². The second-order valence-corrected chi connectivity index (χ2v) is 3.71. The molecule has 0 unspecified atom stereocenters. The Balaban J connectivity index is 4.41. The minimum atomic E-state index is -5.51. The van der Waals surface area contributed by atoms with E-state index in [-0.39, 0.29) is 6.42 Å². The summed E-state index contributed by atoms with van der Waals surface area (Å²) in [5.41, 5.74) is 3.77. The van der Waals surface area contributed by atoms with Crippen molar-refractivity contribution in [1.82, 2.24) is 0 Å². The zero-order chi connectivity index (χ0) is 13.0. The van der Waals surface area contributed by atoms with Crippen molar-refractivity contribution < 1.29 is 26.3 Å². The van der Waals surface area contributed by atoms with Crippen LogP contribution in [0.25, 0.3) is 0 Å². The van der Waals surface area contributed by atoms with Gasteiger partial charge in [0, 0.05) is 6.42 Å². The molecule has 0 aromatic rings. The Labute approximate surface area is 90.0 Å². The fourth-order valence-corrected chi connectivity index (χ4v) is 1.17. The van der Waals surface area contributed by atoms with E-state index in [1.54, 1.807) is 6.92 Å². The number of hydrogen-bond acceptors (Lipinski definition) is 1. The van der Waals surface area contributed by atoms with Crippen LogP contribution in [0.3, 0.4) is 0 Å². The second kappa shape index (κ2) is 5.25. The summed E-state index contributed by atoms with van der Waals surface area (Å²) >= 11 is 0. The summed E-state index contributed by atoms with van der Waals surface area (Å²) in [6.45, 7) is 1.81. The Hall–Kier alpha value is -0.460.